The highest BCUT2D eigenvalue weighted by Gasteiger charge is 2.11. The zero-order valence-corrected chi connectivity index (χ0v) is 13.6. The van der Waals surface area contributed by atoms with Crippen molar-refractivity contribution in [1.82, 2.24) is 15.0 Å². The van der Waals surface area contributed by atoms with Crippen molar-refractivity contribution in [2.45, 2.75) is 0 Å². The normalized spacial score (nSPS) is 12.2. The molecule has 0 atom stereocenters. The molecule has 0 unspecified atom stereocenters. The summed E-state index contributed by atoms with van der Waals surface area (Å²) in [5, 5.41) is 8.58. The fourth-order valence-electron chi connectivity index (χ4n) is 2.07. The van der Waals surface area contributed by atoms with Gasteiger partial charge in [-0.1, -0.05) is 17.6 Å². The molecule has 0 amide bonds. The molecule has 0 aromatic carbocycles. The van der Waals surface area contributed by atoms with Gasteiger partial charge in [0.15, 0.2) is 5.49 Å². The van der Waals surface area contributed by atoms with E-state index in [-0.39, 0.29) is 0 Å². The maximum absolute atomic E-state index is 4.39. The Kier molecular flexibility index (Phi) is 4.71. The standard InChI is InChI=1S/C17H19N7/c1-23-12-5-3-9-15(23)19-21-17(14-8-7-11-18-14)22-20-16-10-4-6-13-24(16)2/h3-13,18-19H,1-2H3/q+1/b20-16-,22-17-. The van der Waals surface area contributed by atoms with Gasteiger partial charge in [-0.25, -0.2) is 4.57 Å². The van der Waals surface area contributed by atoms with Crippen molar-refractivity contribution in [2.75, 3.05) is 5.43 Å². The van der Waals surface area contributed by atoms with Gasteiger partial charge in [0, 0.05) is 25.5 Å². The number of aryl methyl sites for hydroxylation is 2. The summed E-state index contributed by atoms with van der Waals surface area (Å²) in [6.45, 7) is 0. The Morgan fingerprint density at radius 1 is 1.12 bits per heavy atom. The van der Waals surface area contributed by atoms with Crippen LogP contribution in [-0.2, 0) is 14.1 Å². The molecule has 3 aromatic rings. The van der Waals surface area contributed by atoms with E-state index in [1.54, 1.807) is 0 Å². The third-order valence-corrected chi connectivity index (χ3v) is 3.44. The minimum Gasteiger partial charge on any atom is -0.358 e. The lowest BCUT2D eigenvalue weighted by molar-refractivity contribution is -0.657. The van der Waals surface area contributed by atoms with E-state index >= 15 is 0 Å². The third kappa shape index (κ3) is 3.70. The molecular formula is C17H19N7+. The molecule has 0 aliphatic heterocycles. The molecule has 24 heavy (non-hydrogen) atoms. The van der Waals surface area contributed by atoms with E-state index in [1.165, 1.54) is 0 Å². The molecule has 2 N–H and O–H groups in total. The molecule has 7 heteroatoms. The first-order chi connectivity index (χ1) is 11.7. The van der Waals surface area contributed by atoms with Gasteiger partial charge < -0.3 is 9.55 Å². The minimum atomic E-state index is 0.465. The molecule has 0 saturated carbocycles. The van der Waals surface area contributed by atoms with Crippen molar-refractivity contribution in [3.8, 4) is 0 Å². The highest BCUT2D eigenvalue weighted by Crippen LogP contribution is 2.00. The van der Waals surface area contributed by atoms with Gasteiger partial charge in [0.05, 0.1) is 18.9 Å². The van der Waals surface area contributed by atoms with Gasteiger partial charge in [-0.2, -0.15) is 0 Å². The average Bonchev–Trinajstić information content (AvgIpc) is 3.12. The van der Waals surface area contributed by atoms with Crippen molar-refractivity contribution in [3.63, 3.8) is 0 Å². The quantitative estimate of drug-likeness (QED) is 0.321. The topological polar surface area (TPSA) is 75.5 Å². The van der Waals surface area contributed by atoms with Crippen LogP contribution in [-0.4, -0.2) is 15.4 Å². The first kappa shape index (κ1) is 15.5. The van der Waals surface area contributed by atoms with E-state index in [0.29, 0.717) is 5.84 Å². The SMILES string of the molecule is Cn1cccc/c1=N/N=C(\[N]Nc1cccc[n+]1C)c1ccc[nH]1. The zero-order chi connectivity index (χ0) is 16.8. The highest BCUT2D eigenvalue weighted by atomic mass is 15.4. The molecule has 121 valence electrons. The van der Waals surface area contributed by atoms with Crippen LogP contribution in [0.4, 0.5) is 5.82 Å². The maximum atomic E-state index is 4.39. The van der Waals surface area contributed by atoms with E-state index in [2.05, 4.69) is 26.0 Å². The van der Waals surface area contributed by atoms with E-state index in [4.69, 9.17) is 0 Å². The minimum absolute atomic E-state index is 0.465. The third-order valence-electron chi connectivity index (χ3n) is 3.44. The predicted octanol–water partition coefficient (Wildman–Crippen LogP) is 1.07. The van der Waals surface area contributed by atoms with Gasteiger partial charge in [-0.3, -0.25) is 0 Å². The Hall–Kier alpha value is -3.35. The van der Waals surface area contributed by atoms with Crippen LogP contribution < -0.4 is 20.9 Å². The van der Waals surface area contributed by atoms with Crippen molar-refractivity contribution in [1.29, 1.82) is 0 Å². The van der Waals surface area contributed by atoms with Crippen LogP contribution in [0.15, 0.2) is 77.3 Å². The molecule has 1 radical (unpaired) electrons. The van der Waals surface area contributed by atoms with Crippen molar-refractivity contribution < 1.29 is 4.57 Å². The smallest absolute Gasteiger partial charge is 0.299 e. The van der Waals surface area contributed by atoms with Crippen molar-refractivity contribution in [3.05, 3.63) is 78.3 Å². The molecular weight excluding hydrogens is 302 g/mol. The number of aromatic nitrogens is 3. The molecule has 0 aliphatic carbocycles. The van der Waals surface area contributed by atoms with E-state index < -0.39 is 0 Å². The second-order valence-corrected chi connectivity index (χ2v) is 5.20. The number of hydrogen-bond acceptors (Lipinski definition) is 3. The first-order valence-electron chi connectivity index (χ1n) is 7.52. The van der Waals surface area contributed by atoms with Crippen LogP contribution >= 0.6 is 0 Å². The maximum Gasteiger partial charge on any atom is 0.299 e. The first-order valence-corrected chi connectivity index (χ1v) is 7.52. The Morgan fingerprint density at radius 3 is 2.75 bits per heavy atom. The number of pyridine rings is 2. The average molecular weight is 321 g/mol. The lowest BCUT2D eigenvalue weighted by Crippen LogP contribution is -2.35. The number of hydrogen-bond donors (Lipinski definition) is 2. The molecule has 3 rings (SSSR count). The fraction of sp³-hybridized carbons (Fsp3) is 0.118. The van der Waals surface area contributed by atoms with Crippen LogP contribution in [0.5, 0.6) is 0 Å². The molecule has 0 saturated heterocycles. The monoisotopic (exact) mass is 321 g/mol. The summed E-state index contributed by atoms with van der Waals surface area (Å²) < 4.78 is 3.82. The highest BCUT2D eigenvalue weighted by molar-refractivity contribution is 5.97. The lowest BCUT2D eigenvalue weighted by atomic mass is 10.4. The van der Waals surface area contributed by atoms with E-state index in [0.717, 1.165) is 17.0 Å². The van der Waals surface area contributed by atoms with Crippen LogP contribution in [0.25, 0.3) is 0 Å². The van der Waals surface area contributed by atoms with Gasteiger partial charge in [0.2, 0.25) is 5.84 Å². The summed E-state index contributed by atoms with van der Waals surface area (Å²) in [5.74, 6) is 1.31. The molecule has 0 bridgehead atoms. The number of amidine groups is 1. The summed E-state index contributed by atoms with van der Waals surface area (Å²) >= 11 is 0. The predicted molar refractivity (Wildman–Crippen MR) is 91.7 cm³/mol. The number of H-pyrrole nitrogens is 1. The second-order valence-electron chi connectivity index (χ2n) is 5.20. The summed E-state index contributed by atoms with van der Waals surface area (Å²) in [4.78, 5) is 3.10. The molecule has 0 spiro atoms. The summed E-state index contributed by atoms with van der Waals surface area (Å²) in [6.07, 6.45) is 5.69. The molecule has 0 aliphatic rings. The molecule has 3 aromatic heterocycles. The van der Waals surface area contributed by atoms with Crippen molar-refractivity contribution >= 4 is 11.7 Å². The second kappa shape index (κ2) is 7.28. The van der Waals surface area contributed by atoms with Crippen LogP contribution in [0, 0.1) is 0 Å². The van der Waals surface area contributed by atoms with Crippen LogP contribution in [0.3, 0.4) is 0 Å². The Labute approximate surface area is 140 Å². The number of rotatable bonds is 4. The zero-order valence-electron chi connectivity index (χ0n) is 13.6. The Morgan fingerprint density at radius 2 is 2.00 bits per heavy atom. The van der Waals surface area contributed by atoms with Gasteiger partial charge in [0.25, 0.3) is 5.82 Å². The van der Waals surface area contributed by atoms with Gasteiger partial charge in [-0.05, 0) is 30.3 Å². The fourth-order valence-corrected chi connectivity index (χ4v) is 2.07. The Balaban J connectivity index is 1.88. The summed E-state index contributed by atoms with van der Waals surface area (Å²) in [5.41, 5.74) is 8.93. The molecule has 3 heterocycles. The van der Waals surface area contributed by atoms with Gasteiger partial charge >= 0.3 is 0 Å². The van der Waals surface area contributed by atoms with Crippen LogP contribution in [0.1, 0.15) is 5.69 Å². The van der Waals surface area contributed by atoms with E-state index in [9.17, 15) is 0 Å². The number of aromatic amines is 1. The molecule has 7 nitrogen and oxygen atoms in total. The number of anilines is 1. The lowest BCUT2D eigenvalue weighted by Gasteiger charge is -2.03. The Bertz CT molecular complexity index is 891. The number of nitrogens with zero attached hydrogens (tertiary/aromatic N) is 5. The van der Waals surface area contributed by atoms with Crippen LogP contribution in [0.2, 0.25) is 0 Å². The number of nitrogens with one attached hydrogen (secondary N) is 2. The van der Waals surface area contributed by atoms with Gasteiger partial charge in [0.1, 0.15) is 0 Å². The largest absolute Gasteiger partial charge is 0.358 e. The summed E-state index contributed by atoms with van der Waals surface area (Å²) in [7, 11) is 3.86. The molecule has 0 fully saturated rings. The van der Waals surface area contributed by atoms with E-state index in [1.807, 2.05) is 90.4 Å². The summed E-state index contributed by atoms with van der Waals surface area (Å²) in [6, 6.07) is 15.4. The van der Waals surface area contributed by atoms with Crippen molar-refractivity contribution in [2.24, 2.45) is 24.3 Å². The van der Waals surface area contributed by atoms with Gasteiger partial charge in [-0.15, -0.1) is 15.6 Å².